The van der Waals surface area contributed by atoms with E-state index in [-0.39, 0.29) is 0 Å². The minimum absolute atomic E-state index is 0.309. The molecule has 0 aliphatic heterocycles. The quantitative estimate of drug-likeness (QED) is 0.934. The van der Waals surface area contributed by atoms with Gasteiger partial charge in [0.15, 0.2) is 0 Å². The molecule has 0 bridgehead atoms. The lowest BCUT2D eigenvalue weighted by molar-refractivity contribution is 0.463. The van der Waals surface area contributed by atoms with Crippen LogP contribution in [-0.4, -0.2) is 9.78 Å². The summed E-state index contributed by atoms with van der Waals surface area (Å²) in [5.74, 6) is 0. The molecule has 0 saturated heterocycles. The van der Waals surface area contributed by atoms with Gasteiger partial charge >= 0.3 is 0 Å². The van der Waals surface area contributed by atoms with E-state index in [0.717, 1.165) is 10.8 Å². The molecule has 19 heavy (non-hydrogen) atoms. The van der Waals surface area contributed by atoms with E-state index in [9.17, 15) is 0 Å². The third kappa shape index (κ3) is 2.33. The van der Waals surface area contributed by atoms with Gasteiger partial charge in [-0.05, 0) is 38.3 Å². The summed E-state index contributed by atoms with van der Waals surface area (Å²) in [6.07, 6.45) is 4.27. The zero-order valence-electron chi connectivity index (χ0n) is 11.4. The van der Waals surface area contributed by atoms with Gasteiger partial charge in [-0.2, -0.15) is 5.10 Å². The van der Waals surface area contributed by atoms with Crippen LogP contribution in [0.3, 0.4) is 0 Å². The van der Waals surface area contributed by atoms with E-state index in [0.29, 0.717) is 12.1 Å². The standard InChI is InChI=1S/C14H18ClN3S/c1-8(11-7-16-18(3)9(11)2)17-12-4-5-13-10(12)6-14(15)19-13/h6-8,12,17H,4-5H2,1-3H3. The smallest absolute Gasteiger partial charge is 0.0934 e. The summed E-state index contributed by atoms with van der Waals surface area (Å²) in [4.78, 5) is 1.44. The molecule has 2 atom stereocenters. The second kappa shape index (κ2) is 4.93. The monoisotopic (exact) mass is 295 g/mol. The van der Waals surface area contributed by atoms with Crippen LogP contribution in [0.15, 0.2) is 12.3 Å². The largest absolute Gasteiger partial charge is 0.303 e. The topological polar surface area (TPSA) is 29.9 Å². The Balaban J connectivity index is 1.77. The first-order valence-electron chi connectivity index (χ1n) is 6.59. The van der Waals surface area contributed by atoms with Crippen molar-refractivity contribution in [3.63, 3.8) is 0 Å². The van der Waals surface area contributed by atoms with Crippen LogP contribution in [0.5, 0.6) is 0 Å². The van der Waals surface area contributed by atoms with Crippen LogP contribution in [0.1, 0.15) is 47.1 Å². The second-order valence-electron chi connectivity index (χ2n) is 5.22. The highest BCUT2D eigenvalue weighted by Crippen LogP contribution is 2.40. The Morgan fingerprint density at radius 2 is 2.37 bits per heavy atom. The van der Waals surface area contributed by atoms with Gasteiger partial charge in [-0.1, -0.05) is 11.6 Å². The number of aromatic nitrogens is 2. The Labute approximate surface area is 122 Å². The van der Waals surface area contributed by atoms with Crippen LogP contribution >= 0.6 is 22.9 Å². The van der Waals surface area contributed by atoms with E-state index in [1.54, 1.807) is 11.3 Å². The molecule has 1 aliphatic rings. The fraction of sp³-hybridized carbons (Fsp3) is 0.500. The molecule has 2 unspecified atom stereocenters. The SMILES string of the molecule is Cc1c(C(C)NC2CCc3sc(Cl)cc32)cnn1C. The van der Waals surface area contributed by atoms with E-state index in [2.05, 4.69) is 30.3 Å². The van der Waals surface area contributed by atoms with Gasteiger partial charge in [0.05, 0.1) is 10.5 Å². The van der Waals surface area contributed by atoms with Crippen LogP contribution in [0.25, 0.3) is 0 Å². The first-order valence-corrected chi connectivity index (χ1v) is 7.78. The van der Waals surface area contributed by atoms with Gasteiger partial charge in [0.25, 0.3) is 0 Å². The number of hydrogen-bond acceptors (Lipinski definition) is 3. The van der Waals surface area contributed by atoms with Gasteiger partial charge in [-0.3, -0.25) is 4.68 Å². The molecule has 3 nitrogen and oxygen atoms in total. The van der Waals surface area contributed by atoms with Gasteiger partial charge in [-0.15, -0.1) is 11.3 Å². The molecule has 2 aromatic rings. The van der Waals surface area contributed by atoms with Crippen LogP contribution in [0.2, 0.25) is 4.34 Å². The fourth-order valence-electron chi connectivity index (χ4n) is 2.84. The number of fused-ring (bicyclic) bond motifs is 1. The molecule has 0 saturated carbocycles. The predicted octanol–water partition coefficient (Wildman–Crippen LogP) is 3.78. The maximum Gasteiger partial charge on any atom is 0.0934 e. The molecular formula is C14H18ClN3S. The lowest BCUT2D eigenvalue weighted by Gasteiger charge is -2.19. The summed E-state index contributed by atoms with van der Waals surface area (Å²) in [5.41, 5.74) is 3.89. The molecule has 0 aromatic carbocycles. The molecule has 102 valence electrons. The van der Waals surface area contributed by atoms with E-state index < -0.39 is 0 Å². The fourth-order valence-corrected chi connectivity index (χ4v) is 4.19. The minimum Gasteiger partial charge on any atom is -0.303 e. The van der Waals surface area contributed by atoms with Crippen molar-refractivity contribution in [3.05, 3.63) is 38.3 Å². The van der Waals surface area contributed by atoms with E-state index >= 15 is 0 Å². The molecule has 0 fully saturated rings. The molecule has 0 spiro atoms. The number of rotatable bonds is 3. The first kappa shape index (κ1) is 13.2. The number of nitrogens with one attached hydrogen (secondary N) is 1. The molecular weight excluding hydrogens is 278 g/mol. The lowest BCUT2D eigenvalue weighted by Crippen LogP contribution is -2.23. The summed E-state index contributed by atoms with van der Waals surface area (Å²) in [5, 5.41) is 8.03. The van der Waals surface area contributed by atoms with Crippen molar-refractivity contribution >= 4 is 22.9 Å². The van der Waals surface area contributed by atoms with Crippen molar-refractivity contribution in [3.8, 4) is 0 Å². The van der Waals surface area contributed by atoms with Gasteiger partial charge in [0.2, 0.25) is 0 Å². The third-order valence-electron chi connectivity index (χ3n) is 4.04. The average Bonchev–Trinajstić information content (AvgIpc) is 2.98. The van der Waals surface area contributed by atoms with Crippen molar-refractivity contribution in [2.24, 2.45) is 7.05 Å². The molecule has 2 aromatic heterocycles. The predicted molar refractivity (Wildman–Crippen MR) is 79.9 cm³/mol. The zero-order chi connectivity index (χ0) is 13.6. The van der Waals surface area contributed by atoms with E-state index in [1.807, 2.05) is 17.9 Å². The van der Waals surface area contributed by atoms with Crippen molar-refractivity contribution in [1.82, 2.24) is 15.1 Å². The number of thiophene rings is 1. The molecule has 5 heteroatoms. The molecule has 1 aliphatic carbocycles. The summed E-state index contributed by atoms with van der Waals surface area (Å²) in [6.45, 7) is 4.32. The van der Waals surface area contributed by atoms with Crippen molar-refractivity contribution in [2.75, 3.05) is 0 Å². The van der Waals surface area contributed by atoms with E-state index in [4.69, 9.17) is 11.6 Å². The Morgan fingerprint density at radius 3 is 3.05 bits per heavy atom. The highest BCUT2D eigenvalue weighted by molar-refractivity contribution is 7.16. The van der Waals surface area contributed by atoms with Crippen molar-refractivity contribution in [2.45, 2.75) is 38.8 Å². The van der Waals surface area contributed by atoms with Gasteiger partial charge in [0, 0.05) is 35.3 Å². The lowest BCUT2D eigenvalue weighted by atomic mass is 10.1. The van der Waals surface area contributed by atoms with Crippen molar-refractivity contribution < 1.29 is 0 Å². The third-order valence-corrected chi connectivity index (χ3v) is 5.38. The van der Waals surface area contributed by atoms with Crippen LogP contribution in [-0.2, 0) is 13.5 Å². The molecule has 0 radical (unpaired) electrons. The average molecular weight is 296 g/mol. The normalized spacial score (nSPS) is 19.7. The first-order chi connectivity index (χ1) is 9.06. The molecule has 3 rings (SSSR count). The highest BCUT2D eigenvalue weighted by Gasteiger charge is 2.27. The van der Waals surface area contributed by atoms with Gasteiger partial charge in [0.1, 0.15) is 0 Å². The summed E-state index contributed by atoms with van der Waals surface area (Å²) >= 11 is 7.82. The maximum atomic E-state index is 6.10. The summed E-state index contributed by atoms with van der Waals surface area (Å²) in [7, 11) is 1.98. The second-order valence-corrected chi connectivity index (χ2v) is 6.99. The summed E-state index contributed by atoms with van der Waals surface area (Å²) < 4.78 is 2.83. The Morgan fingerprint density at radius 1 is 1.58 bits per heavy atom. The number of halogens is 1. The zero-order valence-corrected chi connectivity index (χ0v) is 13.0. The van der Waals surface area contributed by atoms with Crippen LogP contribution in [0.4, 0.5) is 0 Å². The van der Waals surface area contributed by atoms with E-state index in [1.165, 1.54) is 28.1 Å². The maximum absolute atomic E-state index is 6.10. The van der Waals surface area contributed by atoms with Crippen molar-refractivity contribution in [1.29, 1.82) is 0 Å². The Hall–Kier alpha value is -0.840. The number of hydrogen-bond donors (Lipinski definition) is 1. The van der Waals surface area contributed by atoms with Crippen LogP contribution < -0.4 is 5.32 Å². The number of nitrogens with zero attached hydrogens (tertiary/aromatic N) is 2. The van der Waals surface area contributed by atoms with Crippen LogP contribution in [0, 0.1) is 6.92 Å². The molecule has 2 heterocycles. The van der Waals surface area contributed by atoms with Gasteiger partial charge < -0.3 is 5.32 Å². The summed E-state index contributed by atoms with van der Waals surface area (Å²) in [6, 6.07) is 2.85. The number of aryl methyl sites for hydroxylation is 2. The molecule has 1 N–H and O–H groups in total. The minimum atomic E-state index is 0.309. The molecule has 0 amide bonds. The highest BCUT2D eigenvalue weighted by atomic mass is 35.5. The van der Waals surface area contributed by atoms with Gasteiger partial charge in [-0.25, -0.2) is 0 Å². The Kier molecular flexibility index (Phi) is 3.41. The Bertz CT molecular complexity index is 602.